The smallest absolute Gasteiger partial charge is 0.336 e. The molecule has 1 aromatic carbocycles. The molecule has 0 aliphatic heterocycles. The van der Waals surface area contributed by atoms with Crippen LogP contribution in [-0.2, 0) is 19.5 Å². The summed E-state index contributed by atoms with van der Waals surface area (Å²) in [5, 5.41) is 14.1. The highest BCUT2D eigenvalue weighted by molar-refractivity contribution is 5.85. The van der Waals surface area contributed by atoms with Crippen LogP contribution in [0.5, 0.6) is 5.75 Å². The van der Waals surface area contributed by atoms with Crippen LogP contribution in [0.3, 0.4) is 0 Å². The Bertz CT molecular complexity index is 834. The zero-order chi connectivity index (χ0) is 15.5. The van der Waals surface area contributed by atoms with Crippen LogP contribution in [0.2, 0.25) is 0 Å². The van der Waals surface area contributed by atoms with Crippen LogP contribution < -0.4 is 10.9 Å². The zero-order valence-corrected chi connectivity index (χ0v) is 12.3. The van der Waals surface area contributed by atoms with E-state index in [2.05, 4.69) is 5.32 Å². The molecular formula is C17H17NO4. The minimum absolute atomic E-state index is 0.107. The average Bonchev–Trinajstić information content (AvgIpc) is 3.02. The number of rotatable bonds is 5. The fourth-order valence-corrected chi connectivity index (χ4v) is 2.52. The Morgan fingerprint density at radius 3 is 2.82 bits per heavy atom. The molecule has 114 valence electrons. The third-order valence-corrected chi connectivity index (χ3v) is 3.64. The summed E-state index contributed by atoms with van der Waals surface area (Å²) in [6, 6.07) is 8.59. The van der Waals surface area contributed by atoms with Gasteiger partial charge in [0.25, 0.3) is 0 Å². The van der Waals surface area contributed by atoms with Crippen molar-refractivity contribution in [2.24, 2.45) is 0 Å². The minimum atomic E-state index is -0.401. The van der Waals surface area contributed by atoms with Crippen molar-refractivity contribution < 1.29 is 13.9 Å². The molecule has 0 bridgehead atoms. The van der Waals surface area contributed by atoms with Crippen LogP contribution in [0.25, 0.3) is 11.0 Å². The summed E-state index contributed by atoms with van der Waals surface area (Å²) in [4.78, 5) is 11.7. The lowest BCUT2D eigenvalue weighted by Gasteiger charge is -2.10. The van der Waals surface area contributed by atoms with Crippen molar-refractivity contribution in [2.45, 2.75) is 26.4 Å². The van der Waals surface area contributed by atoms with Gasteiger partial charge in [0, 0.05) is 18.0 Å². The molecule has 0 atom stereocenters. The first-order chi connectivity index (χ1) is 10.7. The van der Waals surface area contributed by atoms with Crippen LogP contribution in [0, 0.1) is 0 Å². The van der Waals surface area contributed by atoms with Crippen molar-refractivity contribution in [3.63, 3.8) is 0 Å². The van der Waals surface area contributed by atoms with Gasteiger partial charge in [-0.05, 0) is 36.2 Å². The Morgan fingerprint density at radius 2 is 2.09 bits per heavy atom. The first kappa shape index (κ1) is 14.4. The number of fused-ring (bicyclic) bond motifs is 1. The molecule has 0 aliphatic rings. The Labute approximate surface area is 127 Å². The molecule has 0 saturated heterocycles. The number of hydrogen-bond acceptors (Lipinski definition) is 5. The van der Waals surface area contributed by atoms with E-state index in [1.54, 1.807) is 18.4 Å². The maximum Gasteiger partial charge on any atom is 0.336 e. The maximum atomic E-state index is 11.7. The fraction of sp³-hybridized carbons (Fsp3) is 0.235. The molecule has 2 aromatic heterocycles. The Kier molecular flexibility index (Phi) is 3.98. The molecule has 22 heavy (non-hydrogen) atoms. The molecule has 2 heterocycles. The molecule has 0 radical (unpaired) electrons. The highest BCUT2D eigenvalue weighted by Gasteiger charge is 2.13. The first-order valence-corrected chi connectivity index (χ1v) is 7.19. The van der Waals surface area contributed by atoms with Gasteiger partial charge in [0.15, 0.2) is 0 Å². The van der Waals surface area contributed by atoms with E-state index >= 15 is 0 Å². The van der Waals surface area contributed by atoms with Gasteiger partial charge in [-0.15, -0.1) is 0 Å². The van der Waals surface area contributed by atoms with E-state index in [1.807, 2.05) is 19.1 Å². The average molecular weight is 299 g/mol. The van der Waals surface area contributed by atoms with Crippen LogP contribution in [0.1, 0.15) is 23.8 Å². The number of benzene rings is 1. The number of phenols is 1. The van der Waals surface area contributed by atoms with Crippen molar-refractivity contribution in [1.82, 2.24) is 5.32 Å². The molecule has 5 heteroatoms. The molecule has 0 fully saturated rings. The number of furan rings is 1. The van der Waals surface area contributed by atoms with Gasteiger partial charge in [-0.3, -0.25) is 0 Å². The van der Waals surface area contributed by atoms with Gasteiger partial charge in [-0.2, -0.15) is 0 Å². The molecule has 5 nitrogen and oxygen atoms in total. The van der Waals surface area contributed by atoms with E-state index in [-0.39, 0.29) is 5.75 Å². The third-order valence-electron chi connectivity index (χ3n) is 3.64. The number of aromatic hydroxyl groups is 1. The molecule has 0 unspecified atom stereocenters. The highest BCUT2D eigenvalue weighted by atomic mass is 16.4. The van der Waals surface area contributed by atoms with E-state index in [9.17, 15) is 9.90 Å². The van der Waals surface area contributed by atoms with Crippen molar-refractivity contribution >= 4 is 11.0 Å². The van der Waals surface area contributed by atoms with Gasteiger partial charge < -0.3 is 19.3 Å². The summed E-state index contributed by atoms with van der Waals surface area (Å²) >= 11 is 0. The summed E-state index contributed by atoms with van der Waals surface area (Å²) in [5.41, 5.74) is 1.54. The predicted molar refractivity (Wildman–Crippen MR) is 82.8 cm³/mol. The SMILES string of the molecule is CCc1cc(=O)oc2c(CNCc3ccco3)c(O)ccc12. The second-order valence-electron chi connectivity index (χ2n) is 5.07. The second kappa shape index (κ2) is 6.07. The standard InChI is InChI=1S/C17H17NO4/c1-2-11-8-16(20)22-17-13(11)5-6-15(19)14(17)10-18-9-12-4-3-7-21-12/h3-8,18-19H,2,9-10H2,1H3. The normalized spacial score (nSPS) is 11.1. The van der Waals surface area contributed by atoms with Crippen molar-refractivity contribution in [3.05, 3.63) is 63.9 Å². The minimum Gasteiger partial charge on any atom is -0.507 e. The molecule has 0 spiro atoms. The van der Waals surface area contributed by atoms with E-state index in [0.29, 0.717) is 24.2 Å². The summed E-state index contributed by atoms with van der Waals surface area (Å²) < 4.78 is 10.6. The Hall–Kier alpha value is -2.53. The summed E-state index contributed by atoms with van der Waals surface area (Å²) in [7, 11) is 0. The molecule has 0 saturated carbocycles. The van der Waals surface area contributed by atoms with Crippen LogP contribution in [-0.4, -0.2) is 5.11 Å². The van der Waals surface area contributed by atoms with Crippen LogP contribution in [0.15, 0.2) is 50.2 Å². The number of aryl methyl sites for hydroxylation is 1. The van der Waals surface area contributed by atoms with Gasteiger partial charge in [-0.1, -0.05) is 6.92 Å². The quantitative estimate of drug-likeness (QED) is 0.708. The molecule has 3 aromatic rings. The topological polar surface area (TPSA) is 75.6 Å². The molecule has 3 rings (SSSR count). The second-order valence-corrected chi connectivity index (χ2v) is 5.07. The van der Waals surface area contributed by atoms with Gasteiger partial charge in [0.2, 0.25) is 0 Å². The van der Waals surface area contributed by atoms with Gasteiger partial charge in [-0.25, -0.2) is 4.79 Å². The van der Waals surface area contributed by atoms with Crippen molar-refractivity contribution in [2.75, 3.05) is 0 Å². The number of nitrogens with one attached hydrogen (secondary N) is 1. The summed E-state index contributed by atoms with van der Waals surface area (Å²) in [6.07, 6.45) is 2.34. The van der Waals surface area contributed by atoms with Crippen LogP contribution >= 0.6 is 0 Å². The maximum absolute atomic E-state index is 11.7. The molecule has 0 aliphatic carbocycles. The van der Waals surface area contributed by atoms with Crippen molar-refractivity contribution in [3.8, 4) is 5.75 Å². The van der Waals surface area contributed by atoms with Crippen molar-refractivity contribution in [1.29, 1.82) is 0 Å². The zero-order valence-electron chi connectivity index (χ0n) is 12.3. The lowest BCUT2D eigenvalue weighted by atomic mass is 10.0. The third kappa shape index (κ3) is 2.76. The lowest BCUT2D eigenvalue weighted by Crippen LogP contribution is -2.13. The van der Waals surface area contributed by atoms with E-state index in [0.717, 1.165) is 23.1 Å². The Morgan fingerprint density at radius 1 is 1.23 bits per heavy atom. The summed E-state index contributed by atoms with van der Waals surface area (Å²) in [6.45, 7) is 2.89. The predicted octanol–water partition coefficient (Wildman–Crippen LogP) is 2.94. The largest absolute Gasteiger partial charge is 0.507 e. The molecule has 0 amide bonds. The monoisotopic (exact) mass is 299 g/mol. The first-order valence-electron chi connectivity index (χ1n) is 7.19. The van der Waals surface area contributed by atoms with Gasteiger partial charge in [0.05, 0.1) is 18.4 Å². The molecule has 2 N–H and O–H groups in total. The van der Waals surface area contributed by atoms with E-state index in [1.165, 1.54) is 6.07 Å². The summed E-state index contributed by atoms with van der Waals surface area (Å²) in [5.74, 6) is 0.909. The van der Waals surface area contributed by atoms with Crippen LogP contribution in [0.4, 0.5) is 0 Å². The molecular weight excluding hydrogens is 282 g/mol. The highest BCUT2D eigenvalue weighted by Crippen LogP contribution is 2.28. The number of phenolic OH excluding ortho intramolecular Hbond substituents is 1. The van der Waals surface area contributed by atoms with E-state index in [4.69, 9.17) is 8.83 Å². The Balaban J connectivity index is 1.95. The lowest BCUT2D eigenvalue weighted by molar-refractivity contribution is 0.452. The number of hydrogen-bond donors (Lipinski definition) is 2. The van der Waals surface area contributed by atoms with Gasteiger partial charge >= 0.3 is 5.63 Å². The van der Waals surface area contributed by atoms with Gasteiger partial charge in [0.1, 0.15) is 17.1 Å². The fourth-order valence-electron chi connectivity index (χ4n) is 2.52. The van der Waals surface area contributed by atoms with E-state index < -0.39 is 5.63 Å².